The van der Waals surface area contributed by atoms with Crippen molar-refractivity contribution in [3.05, 3.63) is 52.5 Å². The van der Waals surface area contributed by atoms with Crippen molar-refractivity contribution in [3.8, 4) is 11.8 Å². The highest BCUT2D eigenvalue weighted by atomic mass is 79.9. The molecule has 74 valence electrons. The van der Waals surface area contributed by atoms with Crippen LogP contribution in [0.2, 0.25) is 0 Å². The Bertz CT molecular complexity index is 540. The maximum Gasteiger partial charge on any atom is 0.148 e. The fraction of sp³-hybridized carbons (Fsp3) is 0. The van der Waals surface area contributed by atoms with E-state index in [-0.39, 0.29) is 5.82 Å². The van der Waals surface area contributed by atoms with Gasteiger partial charge in [-0.3, -0.25) is 0 Å². The van der Waals surface area contributed by atoms with Crippen molar-refractivity contribution in [1.29, 1.82) is 5.26 Å². The lowest BCUT2D eigenvalue weighted by Gasteiger charge is -2.06. The van der Waals surface area contributed by atoms with Crippen molar-refractivity contribution in [2.24, 2.45) is 0 Å². The Balaban J connectivity index is 2.60. The molecule has 0 bridgehead atoms. The van der Waals surface area contributed by atoms with E-state index in [2.05, 4.69) is 15.9 Å². The fourth-order valence-electron chi connectivity index (χ4n) is 1.36. The maximum absolute atomic E-state index is 13.6. The summed E-state index contributed by atoms with van der Waals surface area (Å²) in [6.45, 7) is 0. The summed E-state index contributed by atoms with van der Waals surface area (Å²) in [4.78, 5) is 0. The van der Waals surface area contributed by atoms with E-state index in [9.17, 15) is 4.39 Å². The van der Waals surface area contributed by atoms with Crippen LogP contribution in [0.25, 0.3) is 5.69 Å². The van der Waals surface area contributed by atoms with Crippen molar-refractivity contribution in [2.75, 3.05) is 0 Å². The molecule has 1 aromatic heterocycles. The molecule has 0 fully saturated rings. The van der Waals surface area contributed by atoms with Gasteiger partial charge in [-0.1, -0.05) is 15.9 Å². The van der Waals surface area contributed by atoms with Crippen LogP contribution in [-0.2, 0) is 0 Å². The first kappa shape index (κ1) is 9.94. The number of nitrogens with zero attached hydrogens (tertiary/aromatic N) is 2. The molecule has 4 heteroatoms. The van der Waals surface area contributed by atoms with Crippen LogP contribution in [0.4, 0.5) is 4.39 Å². The van der Waals surface area contributed by atoms with E-state index in [1.165, 1.54) is 10.6 Å². The van der Waals surface area contributed by atoms with Crippen LogP contribution < -0.4 is 0 Å². The summed E-state index contributed by atoms with van der Waals surface area (Å²) in [5.74, 6) is -0.364. The summed E-state index contributed by atoms with van der Waals surface area (Å²) < 4.78 is 15.8. The van der Waals surface area contributed by atoms with Gasteiger partial charge in [-0.2, -0.15) is 5.26 Å². The molecule has 0 unspecified atom stereocenters. The molecule has 0 radical (unpaired) electrons. The van der Waals surface area contributed by atoms with E-state index in [0.29, 0.717) is 15.9 Å². The summed E-state index contributed by atoms with van der Waals surface area (Å²) in [5, 5.41) is 8.81. The number of rotatable bonds is 1. The zero-order chi connectivity index (χ0) is 10.8. The number of aromatic nitrogens is 1. The number of halogens is 2. The largest absolute Gasteiger partial charge is 0.305 e. The summed E-state index contributed by atoms with van der Waals surface area (Å²) in [7, 11) is 0. The van der Waals surface area contributed by atoms with Crippen LogP contribution in [0.15, 0.2) is 41.0 Å². The third-order valence-electron chi connectivity index (χ3n) is 2.03. The molecule has 1 aromatic carbocycles. The van der Waals surface area contributed by atoms with Crippen molar-refractivity contribution >= 4 is 15.9 Å². The van der Waals surface area contributed by atoms with Gasteiger partial charge in [-0.25, -0.2) is 4.39 Å². The first-order chi connectivity index (χ1) is 7.22. The Morgan fingerprint density at radius 1 is 1.33 bits per heavy atom. The minimum Gasteiger partial charge on any atom is -0.305 e. The number of hydrogen-bond acceptors (Lipinski definition) is 1. The van der Waals surface area contributed by atoms with Crippen LogP contribution in [0.5, 0.6) is 0 Å². The predicted octanol–water partition coefficient (Wildman–Crippen LogP) is 3.25. The van der Waals surface area contributed by atoms with Crippen molar-refractivity contribution < 1.29 is 4.39 Å². The molecule has 2 nitrogen and oxygen atoms in total. The third kappa shape index (κ3) is 1.79. The van der Waals surface area contributed by atoms with E-state index in [1.54, 1.807) is 30.5 Å². The molecule has 0 spiro atoms. The van der Waals surface area contributed by atoms with Gasteiger partial charge in [0.1, 0.15) is 17.6 Å². The topological polar surface area (TPSA) is 28.7 Å². The molecule has 2 aromatic rings. The minimum atomic E-state index is -0.364. The lowest BCUT2D eigenvalue weighted by Crippen LogP contribution is -1.98. The zero-order valence-electron chi connectivity index (χ0n) is 7.61. The normalized spacial score (nSPS) is 9.93. The molecule has 2 rings (SSSR count). The quantitative estimate of drug-likeness (QED) is 0.778. The van der Waals surface area contributed by atoms with E-state index in [0.717, 1.165) is 0 Å². The molecule has 0 aliphatic heterocycles. The third-order valence-corrected chi connectivity index (χ3v) is 2.53. The molecular formula is C11H6BrFN2. The summed E-state index contributed by atoms with van der Waals surface area (Å²) in [6.07, 6.45) is 1.66. The van der Waals surface area contributed by atoms with Gasteiger partial charge in [-0.15, -0.1) is 0 Å². The number of nitriles is 1. The molecule has 15 heavy (non-hydrogen) atoms. The van der Waals surface area contributed by atoms with Gasteiger partial charge in [0.25, 0.3) is 0 Å². The summed E-state index contributed by atoms with van der Waals surface area (Å²) in [5.41, 5.74) is 0.788. The first-order valence-corrected chi connectivity index (χ1v) is 5.04. The number of benzene rings is 1. The van der Waals surface area contributed by atoms with Crippen molar-refractivity contribution in [1.82, 2.24) is 4.57 Å². The van der Waals surface area contributed by atoms with Crippen LogP contribution in [0.3, 0.4) is 0 Å². The molecule has 0 saturated carbocycles. The zero-order valence-corrected chi connectivity index (χ0v) is 9.20. The Morgan fingerprint density at radius 3 is 2.80 bits per heavy atom. The Kier molecular flexibility index (Phi) is 2.57. The smallest absolute Gasteiger partial charge is 0.148 e. The molecule has 0 atom stereocenters. The average Bonchev–Trinajstić information content (AvgIpc) is 2.65. The van der Waals surface area contributed by atoms with Crippen LogP contribution in [0.1, 0.15) is 5.69 Å². The Morgan fingerprint density at radius 2 is 2.13 bits per heavy atom. The van der Waals surface area contributed by atoms with E-state index < -0.39 is 0 Å². The molecule has 0 saturated heterocycles. The molecule has 1 heterocycles. The molecule has 0 aliphatic rings. The van der Waals surface area contributed by atoms with Crippen molar-refractivity contribution in [2.45, 2.75) is 0 Å². The second-order valence-corrected chi connectivity index (χ2v) is 3.89. The molecular weight excluding hydrogens is 259 g/mol. The van der Waals surface area contributed by atoms with Gasteiger partial charge < -0.3 is 4.57 Å². The average molecular weight is 265 g/mol. The molecule has 0 amide bonds. The highest BCUT2D eigenvalue weighted by Crippen LogP contribution is 2.20. The second kappa shape index (κ2) is 3.87. The maximum atomic E-state index is 13.6. The van der Waals surface area contributed by atoms with E-state index in [1.807, 2.05) is 6.07 Å². The fourth-order valence-corrected chi connectivity index (χ4v) is 1.69. The SMILES string of the molecule is N#Cc1cccn1-c1ccc(Br)cc1F. The predicted molar refractivity (Wildman–Crippen MR) is 58.1 cm³/mol. The van der Waals surface area contributed by atoms with Crippen molar-refractivity contribution in [3.63, 3.8) is 0 Å². The highest BCUT2D eigenvalue weighted by molar-refractivity contribution is 9.10. The first-order valence-electron chi connectivity index (χ1n) is 4.25. The Hall–Kier alpha value is -1.60. The monoisotopic (exact) mass is 264 g/mol. The molecule has 0 aliphatic carbocycles. The second-order valence-electron chi connectivity index (χ2n) is 2.97. The van der Waals surface area contributed by atoms with Crippen LogP contribution in [0, 0.1) is 17.1 Å². The van der Waals surface area contributed by atoms with Gasteiger partial charge >= 0.3 is 0 Å². The minimum absolute atomic E-state index is 0.364. The van der Waals surface area contributed by atoms with E-state index in [4.69, 9.17) is 5.26 Å². The van der Waals surface area contributed by atoms with Crippen LogP contribution in [-0.4, -0.2) is 4.57 Å². The number of hydrogen-bond donors (Lipinski definition) is 0. The Labute approximate surface area is 94.7 Å². The van der Waals surface area contributed by atoms with Gasteiger partial charge in [0.15, 0.2) is 0 Å². The van der Waals surface area contributed by atoms with Gasteiger partial charge in [0.2, 0.25) is 0 Å². The van der Waals surface area contributed by atoms with Gasteiger partial charge in [0, 0.05) is 10.7 Å². The lowest BCUT2D eigenvalue weighted by atomic mass is 10.3. The lowest BCUT2D eigenvalue weighted by molar-refractivity contribution is 0.617. The standard InChI is InChI=1S/C11H6BrFN2/c12-8-3-4-11(10(13)6-8)15-5-1-2-9(15)7-14/h1-6H. The summed E-state index contributed by atoms with van der Waals surface area (Å²) in [6, 6.07) is 10.1. The summed E-state index contributed by atoms with van der Waals surface area (Å²) >= 11 is 3.18. The van der Waals surface area contributed by atoms with Gasteiger partial charge in [-0.05, 0) is 30.3 Å². The van der Waals surface area contributed by atoms with E-state index >= 15 is 0 Å². The molecule has 0 N–H and O–H groups in total. The highest BCUT2D eigenvalue weighted by Gasteiger charge is 2.07. The van der Waals surface area contributed by atoms with Crippen LogP contribution >= 0.6 is 15.9 Å². The van der Waals surface area contributed by atoms with Gasteiger partial charge in [0.05, 0.1) is 5.69 Å².